The molecule has 0 aromatic rings. The Morgan fingerprint density at radius 1 is 1.14 bits per heavy atom. The molecular weight excluding hydrogens is 512 g/mol. The summed E-state index contributed by atoms with van der Waals surface area (Å²) in [4.78, 5) is 13.6. The van der Waals surface area contributed by atoms with Crippen molar-refractivity contribution >= 4 is 27.7 Å². The minimum atomic E-state index is -3.36. The molecule has 12 heteroatoms. The van der Waals surface area contributed by atoms with E-state index in [4.69, 9.17) is 4.74 Å². The second-order valence-corrected chi connectivity index (χ2v) is 15.0. The van der Waals surface area contributed by atoms with E-state index in [1.54, 1.807) is 23.2 Å². The first-order chi connectivity index (χ1) is 17.8. The number of nitriles is 1. The van der Waals surface area contributed by atoms with Crippen LogP contribution in [0.15, 0.2) is 0 Å². The molecule has 4 saturated heterocycles. The molecule has 1 aliphatic carbocycles. The Balaban J connectivity index is 1.19. The molecule has 0 spiro atoms. The van der Waals surface area contributed by atoms with Crippen LogP contribution in [0.25, 0.3) is 0 Å². The molecule has 5 fully saturated rings. The van der Waals surface area contributed by atoms with Crippen LogP contribution in [0.2, 0.25) is 0 Å². The number of sulfonamides is 1. The number of methoxy groups -OCH3 is 1. The lowest BCUT2D eigenvalue weighted by Gasteiger charge is -2.44. The summed E-state index contributed by atoms with van der Waals surface area (Å²) < 4.78 is 33.7. The highest BCUT2D eigenvalue weighted by atomic mass is 32.2. The lowest BCUT2D eigenvalue weighted by Crippen LogP contribution is -2.55. The highest BCUT2D eigenvalue weighted by Crippen LogP contribution is 2.42. The van der Waals surface area contributed by atoms with Crippen molar-refractivity contribution < 1.29 is 17.9 Å². The highest BCUT2D eigenvalue weighted by Gasteiger charge is 2.49. The van der Waals surface area contributed by atoms with Crippen molar-refractivity contribution in [3.05, 3.63) is 0 Å². The van der Waals surface area contributed by atoms with Crippen molar-refractivity contribution in [1.82, 2.24) is 25.6 Å². The molecular formula is C25H42N6O4S2. The Labute approximate surface area is 225 Å². The van der Waals surface area contributed by atoms with Gasteiger partial charge >= 0.3 is 0 Å². The fourth-order valence-electron chi connectivity index (χ4n) is 7.15. The monoisotopic (exact) mass is 554 g/mol. The van der Waals surface area contributed by atoms with Crippen LogP contribution in [0.4, 0.5) is 0 Å². The van der Waals surface area contributed by atoms with Crippen LogP contribution in [-0.4, -0.2) is 86.2 Å². The topological polar surface area (TPSA) is 136 Å². The molecule has 1 amide bonds. The van der Waals surface area contributed by atoms with Gasteiger partial charge in [-0.15, -0.1) is 11.8 Å². The van der Waals surface area contributed by atoms with E-state index in [0.717, 1.165) is 45.1 Å². The van der Waals surface area contributed by atoms with Crippen molar-refractivity contribution in [2.24, 2.45) is 23.7 Å². The van der Waals surface area contributed by atoms with Gasteiger partial charge in [-0.2, -0.15) is 9.57 Å². The molecule has 37 heavy (non-hydrogen) atoms. The molecule has 10 atom stereocenters. The smallest absolute Gasteiger partial charge is 0.230 e. The van der Waals surface area contributed by atoms with E-state index in [9.17, 15) is 18.5 Å². The number of nitrogens with one attached hydrogen (secondary N) is 4. The van der Waals surface area contributed by atoms with E-state index in [0.29, 0.717) is 32.1 Å². The number of carbonyl (C=O) groups is 1. The maximum absolute atomic E-state index is 13.6. The van der Waals surface area contributed by atoms with Gasteiger partial charge < -0.3 is 15.4 Å². The Morgan fingerprint density at radius 3 is 2.68 bits per heavy atom. The van der Waals surface area contributed by atoms with Gasteiger partial charge in [-0.1, -0.05) is 0 Å². The molecule has 4 aliphatic heterocycles. The van der Waals surface area contributed by atoms with Gasteiger partial charge in [0.1, 0.15) is 10.9 Å². The van der Waals surface area contributed by atoms with Gasteiger partial charge in [0.25, 0.3) is 0 Å². The molecule has 10 nitrogen and oxygen atoms in total. The zero-order chi connectivity index (χ0) is 26.2. The molecule has 208 valence electrons. The number of nitrogens with zero attached hydrogens (tertiary/aromatic N) is 2. The highest BCUT2D eigenvalue weighted by molar-refractivity contribution is 8.00. The predicted molar refractivity (Wildman–Crippen MR) is 143 cm³/mol. The van der Waals surface area contributed by atoms with Crippen LogP contribution in [0.5, 0.6) is 0 Å². The molecule has 0 radical (unpaired) electrons. The maximum atomic E-state index is 13.6. The average molecular weight is 555 g/mol. The number of thioether (sulfide) groups is 1. The quantitative estimate of drug-likeness (QED) is 0.375. The Morgan fingerprint density at radius 2 is 1.97 bits per heavy atom. The zero-order valence-electron chi connectivity index (χ0n) is 21.9. The number of rotatable bonds is 6. The summed E-state index contributed by atoms with van der Waals surface area (Å²) in [5, 5.41) is 22.6. The van der Waals surface area contributed by atoms with Crippen LogP contribution < -0.4 is 21.3 Å². The number of hydrogen-bond acceptors (Lipinski definition) is 9. The molecule has 5 rings (SSSR count). The summed E-state index contributed by atoms with van der Waals surface area (Å²) in [5.74, 6) is 0.221. The number of hydrogen-bond donors (Lipinski definition) is 4. The molecule has 0 aromatic carbocycles. The first kappa shape index (κ1) is 27.6. The van der Waals surface area contributed by atoms with Crippen molar-refractivity contribution in [2.45, 2.75) is 86.2 Å². The Kier molecular flexibility index (Phi) is 8.70. The van der Waals surface area contributed by atoms with Crippen molar-refractivity contribution in [3.63, 3.8) is 0 Å². The number of piperidine rings is 2. The van der Waals surface area contributed by atoms with E-state index >= 15 is 0 Å². The van der Waals surface area contributed by atoms with Gasteiger partial charge in [-0.05, 0) is 70.3 Å². The minimum Gasteiger partial charge on any atom is -0.381 e. The van der Waals surface area contributed by atoms with Gasteiger partial charge in [0.2, 0.25) is 15.9 Å². The van der Waals surface area contributed by atoms with Crippen LogP contribution in [0.3, 0.4) is 0 Å². The summed E-state index contributed by atoms with van der Waals surface area (Å²) >= 11 is 1.63. The lowest BCUT2D eigenvalue weighted by atomic mass is 9.66. The predicted octanol–water partition coefficient (Wildman–Crippen LogP) is 0.774. The van der Waals surface area contributed by atoms with Gasteiger partial charge in [0, 0.05) is 50.0 Å². The van der Waals surface area contributed by atoms with Crippen molar-refractivity contribution in [1.29, 1.82) is 5.26 Å². The van der Waals surface area contributed by atoms with Crippen LogP contribution in [0.1, 0.15) is 51.9 Å². The van der Waals surface area contributed by atoms with E-state index in [2.05, 4.69) is 34.3 Å². The zero-order valence-corrected chi connectivity index (χ0v) is 23.5. The molecule has 4 heterocycles. The third kappa shape index (κ3) is 5.83. The van der Waals surface area contributed by atoms with Gasteiger partial charge in [0.15, 0.2) is 0 Å². The lowest BCUT2D eigenvalue weighted by molar-refractivity contribution is -0.131. The fraction of sp³-hybridized carbons (Fsp3) is 0.920. The molecule has 4 N–H and O–H groups in total. The van der Waals surface area contributed by atoms with E-state index < -0.39 is 15.4 Å². The SMILES string of the molecule is COC1CCC(C#N)CC1C1CC(C)NCC1C(=O)NC1NC2CN(S(=O)(=O)C3CCCCN3)CC2S1. The third-order valence-corrected chi connectivity index (χ3v) is 12.7. The third-order valence-electron chi connectivity index (χ3n) is 9.20. The first-order valence-electron chi connectivity index (χ1n) is 13.9. The largest absolute Gasteiger partial charge is 0.381 e. The summed E-state index contributed by atoms with van der Waals surface area (Å²) in [7, 11) is -1.62. The maximum Gasteiger partial charge on any atom is 0.230 e. The van der Waals surface area contributed by atoms with Crippen LogP contribution in [0, 0.1) is 35.0 Å². The van der Waals surface area contributed by atoms with Crippen molar-refractivity contribution in [3.8, 4) is 6.07 Å². The molecule has 1 saturated carbocycles. The number of carbonyl (C=O) groups excluding carboxylic acids is 1. The van der Waals surface area contributed by atoms with E-state index in [-0.39, 0.29) is 52.5 Å². The van der Waals surface area contributed by atoms with Crippen LogP contribution >= 0.6 is 11.8 Å². The molecule has 0 bridgehead atoms. The summed E-state index contributed by atoms with van der Waals surface area (Å²) in [6.45, 7) is 4.46. The minimum absolute atomic E-state index is 0.0270. The Bertz CT molecular complexity index is 957. The average Bonchev–Trinajstić information content (AvgIpc) is 3.48. The second kappa shape index (κ2) is 11.7. The molecule has 10 unspecified atom stereocenters. The van der Waals surface area contributed by atoms with Gasteiger partial charge in [0.05, 0.1) is 18.1 Å². The summed E-state index contributed by atoms with van der Waals surface area (Å²) in [5.41, 5.74) is -0.225. The number of fused-ring (bicyclic) bond motifs is 1. The Hall–Kier alpha value is -0.940. The van der Waals surface area contributed by atoms with Crippen LogP contribution in [-0.2, 0) is 19.6 Å². The summed E-state index contributed by atoms with van der Waals surface area (Å²) in [6.07, 6.45) is 6.12. The molecule has 0 aromatic heterocycles. The fourth-order valence-corrected chi connectivity index (χ4v) is 10.5. The van der Waals surface area contributed by atoms with Gasteiger partial charge in [-0.25, -0.2) is 8.42 Å². The van der Waals surface area contributed by atoms with Gasteiger partial charge in [-0.3, -0.25) is 15.4 Å². The number of amides is 1. The van der Waals surface area contributed by atoms with E-state index in [1.807, 2.05) is 0 Å². The normalized spacial score (nSPS) is 43.2. The summed E-state index contributed by atoms with van der Waals surface area (Å²) in [6, 6.07) is 2.80. The second-order valence-electron chi connectivity index (χ2n) is 11.5. The van der Waals surface area contributed by atoms with E-state index in [1.165, 1.54) is 0 Å². The molecule has 5 aliphatic rings. The first-order valence-corrected chi connectivity index (χ1v) is 16.3. The number of ether oxygens (including phenoxy) is 1. The standard InChI is InChI=1S/C25H42N6O4S2/c1-15-9-17(18-10-16(11-26)6-7-21(18)35-2)19(12-28-15)24(32)30-25-29-20-13-31(14-22(20)36-25)37(33,34)23-5-3-4-8-27-23/h15-23,25,27-29H,3-10,12-14H2,1-2H3,(H,30,32). The van der Waals surface area contributed by atoms with Crippen molar-refractivity contribution in [2.75, 3.05) is 33.3 Å².